The largest absolute Gasteiger partial charge is 0.350 e. The van der Waals surface area contributed by atoms with Gasteiger partial charge in [-0.05, 0) is 36.6 Å². The molecule has 2 unspecified atom stereocenters. The Kier molecular flexibility index (Phi) is 3.56. The SMILES string of the molecule is CC1CN(C(=O)c2cc3c(Br)cccc3[nH]2)CC1CN. The number of aromatic nitrogens is 1. The Labute approximate surface area is 126 Å². The standard InChI is InChI=1S/C15H18BrN3O/c1-9-7-19(8-10(9)6-17)15(20)14-5-11-12(16)3-2-4-13(11)18-14/h2-5,9-10,18H,6-8,17H2,1H3. The molecule has 3 N–H and O–H groups in total. The van der Waals surface area contributed by atoms with E-state index in [9.17, 15) is 4.79 Å². The van der Waals surface area contributed by atoms with E-state index in [-0.39, 0.29) is 5.91 Å². The molecule has 4 nitrogen and oxygen atoms in total. The zero-order valence-electron chi connectivity index (χ0n) is 11.4. The van der Waals surface area contributed by atoms with Crippen LogP contribution in [0.5, 0.6) is 0 Å². The molecule has 3 rings (SSSR count). The first-order chi connectivity index (χ1) is 9.60. The molecular weight excluding hydrogens is 318 g/mol. The highest BCUT2D eigenvalue weighted by atomic mass is 79.9. The van der Waals surface area contributed by atoms with Gasteiger partial charge >= 0.3 is 0 Å². The van der Waals surface area contributed by atoms with Crippen LogP contribution in [0.3, 0.4) is 0 Å². The minimum atomic E-state index is 0.0656. The first-order valence-electron chi connectivity index (χ1n) is 6.86. The summed E-state index contributed by atoms with van der Waals surface area (Å²) in [7, 11) is 0. The summed E-state index contributed by atoms with van der Waals surface area (Å²) in [6.07, 6.45) is 0. The second-order valence-corrected chi connectivity index (χ2v) is 6.42. The maximum absolute atomic E-state index is 12.6. The molecule has 106 valence electrons. The highest BCUT2D eigenvalue weighted by Gasteiger charge is 2.32. The van der Waals surface area contributed by atoms with Gasteiger partial charge in [-0.25, -0.2) is 0 Å². The van der Waals surface area contributed by atoms with Crippen LogP contribution >= 0.6 is 15.9 Å². The van der Waals surface area contributed by atoms with Gasteiger partial charge < -0.3 is 15.6 Å². The van der Waals surface area contributed by atoms with Crippen molar-refractivity contribution in [3.63, 3.8) is 0 Å². The van der Waals surface area contributed by atoms with Gasteiger partial charge in [0.05, 0.1) is 0 Å². The molecule has 1 aliphatic rings. The zero-order chi connectivity index (χ0) is 14.3. The fraction of sp³-hybridized carbons (Fsp3) is 0.400. The second-order valence-electron chi connectivity index (χ2n) is 5.57. The Morgan fingerprint density at radius 2 is 2.30 bits per heavy atom. The van der Waals surface area contributed by atoms with Gasteiger partial charge in [-0.1, -0.05) is 28.9 Å². The van der Waals surface area contributed by atoms with E-state index in [1.54, 1.807) is 0 Å². The Bertz CT molecular complexity index is 652. The lowest BCUT2D eigenvalue weighted by Gasteiger charge is -2.14. The van der Waals surface area contributed by atoms with Crippen molar-refractivity contribution in [3.05, 3.63) is 34.4 Å². The van der Waals surface area contributed by atoms with Crippen LogP contribution in [0.1, 0.15) is 17.4 Å². The molecule has 0 saturated carbocycles. The third kappa shape index (κ3) is 2.25. The van der Waals surface area contributed by atoms with Crippen molar-refractivity contribution < 1.29 is 4.79 Å². The van der Waals surface area contributed by atoms with Crippen molar-refractivity contribution in [2.75, 3.05) is 19.6 Å². The van der Waals surface area contributed by atoms with Crippen molar-refractivity contribution in [2.24, 2.45) is 17.6 Å². The molecule has 2 atom stereocenters. The number of carbonyl (C=O) groups excluding carboxylic acids is 1. The van der Waals surface area contributed by atoms with E-state index in [1.165, 1.54) is 0 Å². The lowest BCUT2D eigenvalue weighted by Crippen LogP contribution is -2.30. The molecule has 20 heavy (non-hydrogen) atoms. The minimum Gasteiger partial charge on any atom is -0.350 e. The molecule has 0 bridgehead atoms. The van der Waals surface area contributed by atoms with E-state index in [2.05, 4.69) is 27.8 Å². The predicted molar refractivity (Wildman–Crippen MR) is 83.6 cm³/mol. The van der Waals surface area contributed by atoms with E-state index in [1.807, 2.05) is 29.2 Å². The first-order valence-corrected chi connectivity index (χ1v) is 7.66. The van der Waals surface area contributed by atoms with E-state index in [4.69, 9.17) is 5.73 Å². The Morgan fingerprint density at radius 3 is 2.95 bits per heavy atom. The average Bonchev–Trinajstić information content (AvgIpc) is 3.02. The van der Waals surface area contributed by atoms with Crippen LogP contribution in [0.15, 0.2) is 28.7 Å². The molecule has 1 aromatic heterocycles. The monoisotopic (exact) mass is 335 g/mol. The van der Waals surface area contributed by atoms with Gasteiger partial charge in [-0.2, -0.15) is 0 Å². The van der Waals surface area contributed by atoms with E-state index < -0.39 is 0 Å². The van der Waals surface area contributed by atoms with Gasteiger partial charge in [-0.3, -0.25) is 4.79 Å². The summed E-state index contributed by atoms with van der Waals surface area (Å²) in [6, 6.07) is 7.83. The molecule has 1 amide bonds. The highest BCUT2D eigenvalue weighted by Crippen LogP contribution is 2.27. The molecule has 1 aromatic carbocycles. The highest BCUT2D eigenvalue weighted by molar-refractivity contribution is 9.10. The fourth-order valence-corrected chi connectivity index (χ4v) is 3.39. The number of nitrogens with one attached hydrogen (secondary N) is 1. The summed E-state index contributed by atoms with van der Waals surface area (Å²) >= 11 is 3.51. The molecular formula is C15H18BrN3O. The van der Waals surface area contributed by atoms with Crippen molar-refractivity contribution in [1.29, 1.82) is 0 Å². The zero-order valence-corrected chi connectivity index (χ0v) is 13.0. The predicted octanol–water partition coefficient (Wildman–Crippen LogP) is 2.60. The minimum absolute atomic E-state index is 0.0656. The van der Waals surface area contributed by atoms with E-state index >= 15 is 0 Å². The molecule has 2 aromatic rings. The summed E-state index contributed by atoms with van der Waals surface area (Å²) in [6.45, 7) is 4.35. The smallest absolute Gasteiger partial charge is 0.270 e. The third-order valence-corrected chi connectivity index (χ3v) is 4.89. The van der Waals surface area contributed by atoms with Crippen molar-refractivity contribution in [1.82, 2.24) is 9.88 Å². The Morgan fingerprint density at radius 1 is 1.50 bits per heavy atom. The molecule has 2 heterocycles. The Hall–Kier alpha value is -1.33. The molecule has 5 heteroatoms. The van der Waals surface area contributed by atoms with Crippen molar-refractivity contribution in [3.8, 4) is 0 Å². The number of hydrogen-bond acceptors (Lipinski definition) is 2. The van der Waals surface area contributed by atoms with Crippen LogP contribution in [0, 0.1) is 11.8 Å². The number of hydrogen-bond donors (Lipinski definition) is 2. The molecule has 1 saturated heterocycles. The number of nitrogens with two attached hydrogens (primary N) is 1. The maximum Gasteiger partial charge on any atom is 0.270 e. The summed E-state index contributed by atoms with van der Waals surface area (Å²) < 4.78 is 1.000. The Balaban J connectivity index is 1.88. The van der Waals surface area contributed by atoms with Crippen LogP contribution in [0.2, 0.25) is 0 Å². The summed E-state index contributed by atoms with van der Waals surface area (Å²) in [5, 5.41) is 1.04. The number of carbonyl (C=O) groups is 1. The van der Waals surface area contributed by atoms with Crippen LogP contribution in [0.25, 0.3) is 10.9 Å². The van der Waals surface area contributed by atoms with Gasteiger partial charge in [0.1, 0.15) is 5.69 Å². The lowest BCUT2D eigenvalue weighted by atomic mass is 9.99. The van der Waals surface area contributed by atoms with E-state index in [0.29, 0.717) is 24.1 Å². The van der Waals surface area contributed by atoms with Gasteiger partial charge in [0.2, 0.25) is 0 Å². The topological polar surface area (TPSA) is 62.1 Å². The quantitative estimate of drug-likeness (QED) is 0.886. The number of halogens is 1. The number of amides is 1. The number of rotatable bonds is 2. The van der Waals surface area contributed by atoms with Crippen LogP contribution < -0.4 is 5.73 Å². The second kappa shape index (κ2) is 5.22. The third-order valence-electron chi connectivity index (χ3n) is 4.20. The number of fused-ring (bicyclic) bond motifs is 1. The number of H-pyrrole nitrogens is 1. The normalized spacial score (nSPS) is 22.6. The molecule has 0 aliphatic carbocycles. The summed E-state index contributed by atoms with van der Waals surface area (Å²) in [5.74, 6) is 0.950. The summed E-state index contributed by atoms with van der Waals surface area (Å²) in [5.41, 5.74) is 7.38. The van der Waals surface area contributed by atoms with Gasteiger partial charge in [-0.15, -0.1) is 0 Å². The lowest BCUT2D eigenvalue weighted by molar-refractivity contribution is 0.0780. The summed E-state index contributed by atoms with van der Waals surface area (Å²) in [4.78, 5) is 17.7. The van der Waals surface area contributed by atoms with Gasteiger partial charge in [0, 0.05) is 28.5 Å². The van der Waals surface area contributed by atoms with Crippen molar-refractivity contribution >= 4 is 32.7 Å². The van der Waals surface area contributed by atoms with Crippen LogP contribution in [0.4, 0.5) is 0 Å². The van der Waals surface area contributed by atoms with Gasteiger partial charge in [0.25, 0.3) is 5.91 Å². The van der Waals surface area contributed by atoms with Crippen LogP contribution in [-0.4, -0.2) is 35.4 Å². The van der Waals surface area contributed by atoms with Gasteiger partial charge in [0.15, 0.2) is 0 Å². The number of aromatic amines is 1. The maximum atomic E-state index is 12.6. The van der Waals surface area contributed by atoms with Crippen molar-refractivity contribution in [2.45, 2.75) is 6.92 Å². The molecule has 1 fully saturated rings. The number of likely N-dealkylation sites (tertiary alicyclic amines) is 1. The number of benzene rings is 1. The molecule has 0 spiro atoms. The number of nitrogens with zero attached hydrogens (tertiary/aromatic N) is 1. The first kappa shape index (κ1) is 13.6. The van der Waals surface area contributed by atoms with E-state index in [0.717, 1.165) is 28.5 Å². The van der Waals surface area contributed by atoms with Crippen LogP contribution in [-0.2, 0) is 0 Å². The molecule has 0 radical (unpaired) electrons. The fourth-order valence-electron chi connectivity index (χ4n) is 2.91. The average molecular weight is 336 g/mol. The molecule has 1 aliphatic heterocycles.